The molecule has 2 aromatic carbocycles. The van der Waals surface area contributed by atoms with E-state index < -0.39 is 5.97 Å². The summed E-state index contributed by atoms with van der Waals surface area (Å²) in [6, 6.07) is 10.5. The Hall–Kier alpha value is -2.82. The predicted molar refractivity (Wildman–Crippen MR) is 75.6 cm³/mol. The van der Waals surface area contributed by atoms with Gasteiger partial charge in [-0.25, -0.2) is 9.78 Å². The summed E-state index contributed by atoms with van der Waals surface area (Å²) >= 11 is 0. The van der Waals surface area contributed by atoms with E-state index in [0.29, 0.717) is 23.6 Å². The SMILES string of the molecule is O=C(O)c1ccc2nc(-c3ccc4c(c3)CCO4)oc2c1. The van der Waals surface area contributed by atoms with Gasteiger partial charge in [-0.05, 0) is 42.0 Å². The Kier molecular flexibility index (Phi) is 2.47. The third kappa shape index (κ3) is 1.94. The first-order valence-electron chi connectivity index (χ1n) is 6.61. The molecule has 0 fully saturated rings. The fraction of sp³-hybridized carbons (Fsp3) is 0.125. The minimum Gasteiger partial charge on any atom is -0.493 e. The molecule has 4 rings (SSSR count). The molecule has 1 aliphatic rings. The highest BCUT2D eigenvalue weighted by Gasteiger charge is 2.16. The number of aromatic nitrogens is 1. The van der Waals surface area contributed by atoms with Gasteiger partial charge >= 0.3 is 5.97 Å². The molecule has 1 N–H and O–H groups in total. The number of carboxylic acids is 1. The van der Waals surface area contributed by atoms with Crippen LogP contribution in [0.1, 0.15) is 15.9 Å². The van der Waals surface area contributed by atoms with Gasteiger partial charge in [-0.2, -0.15) is 0 Å². The van der Waals surface area contributed by atoms with Crippen molar-refractivity contribution in [2.75, 3.05) is 6.61 Å². The maximum absolute atomic E-state index is 11.0. The Morgan fingerprint density at radius 3 is 2.95 bits per heavy atom. The second-order valence-corrected chi connectivity index (χ2v) is 4.93. The fourth-order valence-electron chi connectivity index (χ4n) is 2.50. The summed E-state index contributed by atoms with van der Waals surface area (Å²) in [6.07, 6.45) is 0.882. The molecule has 1 aromatic heterocycles. The minimum absolute atomic E-state index is 0.188. The third-order valence-electron chi connectivity index (χ3n) is 3.57. The highest BCUT2D eigenvalue weighted by atomic mass is 16.5. The van der Waals surface area contributed by atoms with Gasteiger partial charge < -0.3 is 14.3 Å². The number of hydrogen-bond acceptors (Lipinski definition) is 4. The van der Waals surface area contributed by atoms with E-state index in [1.54, 1.807) is 6.07 Å². The second-order valence-electron chi connectivity index (χ2n) is 4.93. The normalized spacial score (nSPS) is 13.1. The molecule has 0 saturated carbocycles. The first-order chi connectivity index (χ1) is 10.2. The summed E-state index contributed by atoms with van der Waals surface area (Å²) in [4.78, 5) is 15.4. The van der Waals surface area contributed by atoms with Gasteiger partial charge in [0.1, 0.15) is 11.3 Å². The van der Waals surface area contributed by atoms with Gasteiger partial charge in [0.05, 0.1) is 12.2 Å². The van der Waals surface area contributed by atoms with Gasteiger partial charge in [0.15, 0.2) is 5.58 Å². The Balaban J connectivity index is 1.81. The monoisotopic (exact) mass is 281 g/mol. The molecule has 104 valence electrons. The van der Waals surface area contributed by atoms with Crippen molar-refractivity contribution >= 4 is 17.1 Å². The van der Waals surface area contributed by atoms with Crippen LogP contribution in [0.4, 0.5) is 0 Å². The molecule has 0 atom stereocenters. The maximum atomic E-state index is 11.0. The molecule has 5 nitrogen and oxygen atoms in total. The average molecular weight is 281 g/mol. The molecular formula is C16H11NO4. The van der Waals surface area contributed by atoms with Gasteiger partial charge in [-0.3, -0.25) is 0 Å². The zero-order valence-corrected chi connectivity index (χ0v) is 11.0. The molecule has 0 radical (unpaired) electrons. The number of carbonyl (C=O) groups is 1. The lowest BCUT2D eigenvalue weighted by atomic mass is 10.1. The molecule has 0 unspecified atom stereocenters. The van der Waals surface area contributed by atoms with Crippen LogP contribution in [0.5, 0.6) is 5.75 Å². The first kappa shape index (κ1) is 12.0. The lowest BCUT2D eigenvalue weighted by molar-refractivity contribution is 0.0697. The average Bonchev–Trinajstić information content (AvgIpc) is 3.11. The van der Waals surface area contributed by atoms with Crippen molar-refractivity contribution in [3.63, 3.8) is 0 Å². The van der Waals surface area contributed by atoms with E-state index in [4.69, 9.17) is 14.3 Å². The zero-order valence-electron chi connectivity index (χ0n) is 11.0. The number of benzene rings is 2. The lowest BCUT2D eigenvalue weighted by Crippen LogP contribution is -1.94. The van der Waals surface area contributed by atoms with Gasteiger partial charge in [0.2, 0.25) is 5.89 Å². The standard InChI is InChI=1S/C16H11NO4/c18-16(19)11-1-3-12-14(8-11)21-15(17-12)10-2-4-13-9(7-10)5-6-20-13/h1-4,7-8H,5-6H2,(H,18,19). The molecule has 1 aliphatic heterocycles. The van der Waals surface area contributed by atoms with Crippen molar-refractivity contribution in [2.24, 2.45) is 0 Å². The van der Waals surface area contributed by atoms with E-state index in [9.17, 15) is 4.79 Å². The molecular weight excluding hydrogens is 270 g/mol. The van der Waals surface area contributed by atoms with Crippen LogP contribution in [0.3, 0.4) is 0 Å². The van der Waals surface area contributed by atoms with Gasteiger partial charge in [-0.1, -0.05) is 0 Å². The van der Waals surface area contributed by atoms with E-state index in [1.807, 2.05) is 18.2 Å². The minimum atomic E-state index is -0.982. The van der Waals surface area contributed by atoms with Crippen LogP contribution in [-0.4, -0.2) is 22.7 Å². The molecule has 0 amide bonds. The number of carboxylic acid groups (broad SMARTS) is 1. The van der Waals surface area contributed by atoms with Crippen LogP contribution >= 0.6 is 0 Å². The molecule has 5 heteroatoms. The fourth-order valence-corrected chi connectivity index (χ4v) is 2.50. The molecule has 3 aromatic rings. The summed E-state index contributed by atoms with van der Waals surface area (Å²) in [5.74, 6) is 0.412. The summed E-state index contributed by atoms with van der Waals surface area (Å²) in [7, 11) is 0. The van der Waals surface area contributed by atoms with E-state index in [-0.39, 0.29) is 5.56 Å². The van der Waals surface area contributed by atoms with E-state index >= 15 is 0 Å². The van der Waals surface area contributed by atoms with Crippen LogP contribution in [0.2, 0.25) is 0 Å². The van der Waals surface area contributed by atoms with Gasteiger partial charge in [0, 0.05) is 12.0 Å². The van der Waals surface area contributed by atoms with E-state index in [2.05, 4.69) is 4.98 Å². The van der Waals surface area contributed by atoms with E-state index in [1.165, 1.54) is 12.1 Å². The maximum Gasteiger partial charge on any atom is 0.335 e. The Morgan fingerprint density at radius 2 is 2.10 bits per heavy atom. The van der Waals surface area contributed by atoms with Crippen molar-refractivity contribution in [1.29, 1.82) is 0 Å². The molecule has 2 heterocycles. The summed E-state index contributed by atoms with van der Waals surface area (Å²) in [5.41, 5.74) is 3.31. The first-order valence-corrected chi connectivity index (χ1v) is 6.61. The van der Waals surface area contributed by atoms with Crippen molar-refractivity contribution in [1.82, 2.24) is 4.98 Å². The number of rotatable bonds is 2. The predicted octanol–water partition coefficient (Wildman–Crippen LogP) is 3.13. The number of oxazole rings is 1. The van der Waals surface area contributed by atoms with Gasteiger partial charge in [-0.15, -0.1) is 0 Å². The van der Waals surface area contributed by atoms with Crippen molar-refractivity contribution < 1.29 is 19.1 Å². The number of hydrogen-bond donors (Lipinski definition) is 1. The number of fused-ring (bicyclic) bond motifs is 2. The van der Waals surface area contributed by atoms with Crippen molar-refractivity contribution in [3.8, 4) is 17.2 Å². The van der Waals surface area contributed by atoms with Crippen LogP contribution in [0, 0.1) is 0 Å². The van der Waals surface area contributed by atoms with Crippen LogP contribution in [-0.2, 0) is 6.42 Å². The topological polar surface area (TPSA) is 72.6 Å². The number of aromatic carboxylic acids is 1. The van der Waals surface area contributed by atoms with Crippen LogP contribution in [0.25, 0.3) is 22.6 Å². The van der Waals surface area contributed by atoms with Crippen LogP contribution in [0.15, 0.2) is 40.8 Å². The molecule has 0 saturated heterocycles. The van der Waals surface area contributed by atoms with E-state index in [0.717, 1.165) is 23.3 Å². The highest BCUT2D eigenvalue weighted by molar-refractivity contribution is 5.92. The van der Waals surface area contributed by atoms with Gasteiger partial charge in [0.25, 0.3) is 0 Å². The largest absolute Gasteiger partial charge is 0.493 e. The quantitative estimate of drug-likeness (QED) is 0.781. The smallest absolute Gasteiger partial charge is 0.335 e. The third-order valence-corrected chi connectivity index (χ3v) is 3.57. The molecule has 0 aliphatic carbocycles. The Labute approximate surface area is 119 Å². The van der Waals surface area contributed by atoms with Crippen LogP contribution < -0.4 is 4.74 Å². The summed E-state index contributed by atoms with van der Waals surface area (Å²) in [5, 5.41) is 9.00. The second kappa shape index (κ2) is 4.34. The zero-order chi connectivity index (χ0) is 14.4. The Morgan fingerprint density at radius 1 is 1.19 bits per heavy atom. The Bertz CT molecular complexity index is 866. The highest BCUT2D eigenvalue weighted by Crippen LogP contribution is 2.31. The van der Waals surface area contributed by atoms with Crippen molar-refractivity contribution in [3.05, 3.63) is 47.5 Å². The number of nitrogens with zero attached hydrogens (tertiary/aromatic N) is 1. The lowest BCUT2D eigenvalue weighted by Gasteiger charge is -2.00. The molecule has 0 bridgehead atoms. The number of ether oxygens (including phenoxy) is 1. The summed E-state index contributed by atoms with van der Waals surface area (Å²) < 4.78 is 11.2. The molecule has 21 heavy (non-hydrogen) atoms. The van der Waals surface area contributed by atoms with Crippen molar-refractivity contribution in [2.45, 2.75) is 6.42 Å². The summed E-state index contributed by atoms with van der Waals surface area (Å²) in [6.45, 7) is 0.703. The molecule has 0 spiro atoms.